The quantitative estimate of drug-likeness (QED) is 0.790. The van der Waals surface area contributed by atoms with Gasteiger partial charge in [0.25, 0.3) is 0 Å². The average molecular weight is 244 g/mol. The van der Waals surface area contributed by atoms with Gasteiger partial charge in [0.05, 0.1) is 11.5 Å². The molecule has 1 aromatic heterocycles. The molecule has 90 valence electrons. The summed E-state index contributed by atoms with van der Waals surface area (Å²) in [4.78, 5) is 14.5. The molecule has 0 spiro atoms. The van der Waals surface area contributed by atoms with E-state index in [-0.39, 0.29) is 5.75 Å². The molecule has 5 nitrogen and oxygen atoms in total. The number of aryl methyl sites for hydroxylation is 1. The van der Waals surface area contributed by atoms with Crippen LogP contribution in [-0.2, 0) is 17.0 Å². The Hall–Kier alpha value is -1.04. The van der Waals surface area contributed by atoms with Crippen molar-refractivity contribution in [1.29, 1.82) is 0 Å². The van der Waals surface area contributed by atoms with Crippen molar-refractivity contribution < 1.29 is 14.4 Å². The zero-order chi connectivity index (χ0) is 12.0. The largest absolute Gasteiger partial charge is 0.481 e. The van der Waals surface area contributed by atoms with Crippen LogP contribution in [-0.4, -0.2) is 27.0 Å². The van der Waals surface area contributed by atoms with E-state index in [1.807, 2.05) is 0 Å². The lowest BCUT2D eigenvalue weighted by atomic mass is 10.1. The van der Waals surface area contributed by atoms with E-state index in [1.54, 1.807) is 0 Å². The van der Waals surface area contributed by atoms with Crippen molar-refractivity contribution >= 4 is 17.7 Å². The second-order valence-corrected chi connectivity index (χ2v) is 4.91. The molecule has 0 atom stereocenters. The molecule has 1 rings (SSSR count). The molecular weight excluding hydrogens is 228 g/mol. The molecule has 0 fully saturated rings. The number of aromatic nitrogens is 2. The normalized spacial score (nSPS) is 10.9. The molecule has 6 heteroatoms. The Balaban J connectivity index is 2.30. The molecule has 0 aliphatic carbocycles. The summed E-state index contributed by atoms with van der Waals surface area (Å²) in [5.74, 6) is 1.52. The predicted molar refractivity (Wildman–Crippen MR) is 61.3 cm³/mol. The highest BCUT2D eigenvalue weighted by Crippen LogP contribution is 2.11. The van der Waals surface area contributed by atoms with Gasteiger partial charge in [-0.1, -0.05) is 19.0 Å². The van der Waals surface area contributed by atoms with Crippen LogP contribution in [0.1, 0.15) is 32.0 Å². The average Bonchev–Trinajstić information content (AvgIpc) is 2.62. The minimum absolute atomic E-state index is 0.0592. The first-order valence-corrected chi connectivity index (χ1v) is 6.34. The number of nitrogens with zero attached hydrogens (tertiary/aromatic N) is 2. The summed E-state index contributed by atoms with van der Waals surface area (Å²) in [6, 6.07) is 0. The fraction of sp³-hybridized carbons (Fsp3) is 0.700. The van der Waals surface area contributed by atoms with Crippen LogP contribution in [0.15, 0.2) is 4.52 Å². The highest BCUT2D eigenvalue weighted by molar-refractivity contribution is 7.99. The fourth-order valence-corrected chi connectivity index (χ4v) is 1.66. The first-order valence-electron chi connectivity index (χ1n) is 5.19. The van der Waals surface area contributed by atoms with Crippen molar-refractivity contribution in [2.75, 3.05) is 5.75 Å². The summed E-state index contributed by atoms with van der Waals surface area (Å²) in [6.45, 7) is 4.29. The molecule has 0 aliphatic heterocycles. The van der Waals surface area contributed by atoms with Crippen LogP contribution in [0, 0.1) is 5.92 Å². The Morgan fingerprint density at radius 3 is 2.94 bits per heavy atom. The smallest absolute Gasteiger partial charge is 0.313 e. The van der Waals surface area contributed by atoms with E-state index in [1.165, 1.54) is 11.8 Å². The van der Waals surface area contributed by atoms with Crippen molar-refractivity contribution in [3.63, 3.8) is 0 Å². The van der Waals surface area contributed by atoms with Gasteiger partial charge in [0.2, 0.25) is 5.89 Å². The Kier molecular flexibility index (Phi) is 5.31. The van der Waals surface area contributed by atoms with E-state index in [9.17, 15) is 4.79 Å². The van der Waals surface area contributed by atoms with Gasteiger partial charge < -0.3 is 9.63 Å². The predicted octanol–water partition coefficient (Wildman–Crippen LogP) is 1.98. The Morgan fingerprint density at radius 2 is 2.31 bits per heavy atom. The zero-order valence-electron chi connectivity index (χ0n) is 9.47. The summed E-state index contributed by atoms with van der Waals surface area (Å²) in [7, 11) is 0. The van der Waals surface area contributed by atoms with Crippen LogP contribution in [0.4, 0.5) is 0 Å². The van der Waals surface area contributed by atoms with E-state index < -0.39 is 5.97 Å². The Morgan fingerprint density at radius 1 is 1.56 bits per heavy atom. The lowest BCUT2D eigenvalue weighted by Gasteiger charge is -1.98. The maximum absolute atomic E-state index is 10.3. The summed E-state index contributed by atoms with van der Waals surface area (Å²) >= 11 is 1.26. The monoisotopic (exact) mass is 244 g/mol. The minimum atomic E-state index is -0.829. The molecule has 16 heavy (non-hydrogen) atoms. The van der Waals surface area contributed by atoms with Gasteiger partial charge in [0.1, 0.15) is 0 Å². The number of aliphatic carboxylic acids is 1. The van der Waals surface area contributed by atoms with Gasteiger partial charge in [0, 0.05) is 6.42 Å². The zero-order valence-corrected chi connectivity index (χ0v) is 10.3. The Bertz CT molecular complexity index is 339. The Labute approximate surface area is 98.6 Å². The van der Waals surface area contributed by atoms with Crippen LogP contribution in [0.3, 0.4) is 0 Å². The first kappa shape index (κ1) is 13.0. The third kappa shape index (κ3) is 5.16. The van der Waals surface area contributed by atoms with Gasteiger partial charge in [-0.15, -0.1) is 11.8 Å². The number of hydrogen-bond acceptors (Lipinski definition) is 5. The van der Waals surface area contributed by atoms with E-state index in [4.69, 9.17) is 9.63 Å². The molecular formula is C10H16N2O3S. The lowest BCUT2D eigenvalue weighted by molar-refractivity contribution is -0.133. The van der Waals surface area contributed by atoms with E-state index in [0.29, 0.717) is 23.4 Å². The van der Waals surface area contributed by atoms with Gasteiger partial charge >= 0.3 is 5.97 Å². The third-order valence-corrected chi connectivity index (χ3v) is 2.81. The number of carboxylic acids is 1. The van der Waals surface area contributed by atoms with Gasteiger partial charge in [0.15, 0.2) is 5.82 Å². The van der Waals surface area contributed by atoms with Crippen LogP contribution in [0.25, 0.3) is 0 Å². The summed E-state index contributed by atoms with van der Waals surface area (Å²) in [5, 5.41) is 12.3. The SMILES string of the molecule is CC(C)CCc1noc(CSCC(=O)O)n1. The second kappa shape index (κ2) is 6.52. The minimum Gasteiger partial charge on any atom is -0.481 e. The maximum atomic E-state index is 10.3. The highest BCUT2D eigenvalue weighted by Gasteiger charge is 2.08. The molecule has 1 N–H and O–H groups in total. The molecule has 0 saturated heterocycles. The summed E-state index contributed by atoms with van der Waals surface area (Å²) in [6.07, 6.45) is 1.84. The molecule has 1 heterocycles. The van der Waals surface area contributed by atoms with Gasteiger partial charge in [-0.05, 0) is 12.3 Å². The molecule has 0 aliphatic rings. The van der Waals surface area contributed by atoms with E-state index in [0.717, 1.165) is 12.8 Å². The van der Waals surface area contributed by atoms with Crippen LogP contribution in [0.2, 0.25) is 0 Å². The standard InChI is InChI=1S/C10H16N2O3S/c1-7(2)3-4-8-11-9(15-12-8)5-16-6-10(13)14/h7H,3-6H2,1-2H3,(H,13,14). The topological polar surface area (TPSA) is 76.2 Å². The van der Waals surface area contributed by atoms with Gasteiger partial charge in [-0.25, -0.2) is 0 Å². The molecule has 0 amide bonds. The first-order chi connectivity index (χ1) is 7.58. The van der Waals surface area contributed by atoms with Crippen molar-refractivity contribution in [3.05, 3.63) is 11.7 Å². The number of carboxylic acid groups (broad SMARTS) is 1. The summed E-state index contributed by atoms with van der Waals surface area (Å²) in [5.41, 5.74) is 0. The van der Waals surface area contributed by atoms with Crippen molar-refractivity contribution in [3.8, 4) is 0 Å². The van der Waals surface area contributed by atoms with Crippen LogP contribution < -0.4 is 0 Å². The maximum Gasteiger partial charge on any atom is 0.313 e. The molecule has 0 aromatic carbocycles. The van der Waals surface area contributed by atoms with Crippen molar-refractivity contribution in [2.45, 2.75) is 32.4 Å². The van der Waals surface area contributed by atoms with Gasteiger partial charge in [-0.2, -0.15) is 4.98 Å². The molecule has 0 bridgehead atoms. The number of carbonyl (C=O) groups is 1. The third-order valence-electron chi connectivity index (χ3n) is 1.91. The number of rotatable bonds is 7. The molecule has 0 saturated carbocycles. The molecule has 0 radical (unpaired) electrons. The van der Waals surface area contributed by atoms with E-state index >= 15 is 0 Å². The van der Waals surface area contributed by atoms with Crippen molar-refractivity contribution in [2.24, 2.45) is 5.92 Å². The second-order valence-electron chi connectivity index (χ2n) is 3.92. The van der Waals surface area contributed by atoms with Crippen molar-refractivity contribution in [1.82, 2.24) is 10.1 Å². The highest BCUT2D eigenvalue weighted by atomic mass is 32.2. The molecule has 1 aromatic rings. The van der Waals surface area contributed by atoms with Crippen LogP contribution >= 0.6 is 11.8 Å². The number of thioether (sulfide) groups is 1. The molecule has 0 unspecified atom stereocenters. The summed E-state index contributed by atoms with van der Waals surface area (Å²) < 4.78 is 5.00. The van der Waals surface area contributed by atoms with E-state index in [2.05, 4.69) is 24.0 Å². The van der Waals surface area contributed by atoms with Gasteiger partial charge in [-0.3, -0.25) is 4.79 Å². The lowest BCUT2D eigenvalue weighted by Crippen LogP contribution is -1.98. The number of hydrogen-bond donors (Lipinski definition) is 1. The van der Waals surface area contributed by atoms with Crippen LogP contribution in [0.5, 0.6) is 0 Å². The fourth-order valence-electron chi connectivity index (χ4n) is 1.09.